The fourth-order valence-electron chi connectivity index (χ4n) is 3.93. The van der Waals surface area contributed by atoms with E-state index in [9.17, 15) is 4.79 Å². The molecule has 32 heavy (non-hydrogen) atoms. The summed E-state index contributed by atoms with van der Waals surface area (Å²) in [6.07, 6.45) is 3.38. The number of amides is 1. The SMILES string of the molecule is CC(=O)N1CCC[C@@H](C(=N)c2ccnc(N)c2Nc2ccc(Oc3ccccc3)cc2)C1. The number of likely N-dealkylation sites (tertiary alicyclic amines) is 1. The summed E-state index contributed by atoms with van der Waals surface area (Å²) in [6, 6.07) is 18.9. The average Bonchev–Trinajstić information content (AvgIpc) is 2.82. The van der Waals surface area contributed by atoms with E-state index in [-0.39, 0.29) is 11.8 Å². The summed E-state index contributed by atoms with van der Waals surface area (Å²) in [5.41, 5.74) is 8.78. The average molecular weight is 430 g/mol. The predicted octanol–water partition coefficient (Wildman–Crippen LogP) is 4.83. The fourth-order valence-corrected chi connectivity index (χ4v) is 3.93. The van der Waals surface area contributed by atoms with Crippen LogP contribution in [0.2, 0.25) is 0 Å². The van der Waals surface area contributed by atoms with Crippen LogP contribution in [0.1, 0.15) is 25.3 Å². The van der Waals surface area contributed by atoms with Crippen LogP contribution in [0, 0.1) is 11.3 Å². The van der Waals surface area contributed by atoms with Gasteiger partial charge in [0.1, 0.15) is 17.3 Å². The Morgan fingerprint density at radius 2 is 1.84 bits per heavy atom. The monoisotopic (exact) mass is 429 g/mol. The second kappa shape index (κ2) is 9.51. The highest BCUT2D eigenvalue weighted by atomic mass is 16.5. The second-order valence-corrected chi connectivity index (χ2v) is 7.90. The molecule has 0 radical (unpaired) electrons. The Hall–Kier alpha value is -3.87. The van der Waals surface area contributed by atoms with Crippen molar-refractivity contribution in [3.63, 3.8) is 0 Å². The Kier molecular flexibility index (Phi) is 6.35. The van der Waals surface area contributed by atoms with Gasteiger partial charge in [-0.25, -0.2) is 4.98 Å². The number of rotatable bonds is 6. The number of hydrogen-bond donors (Lipinski definition) is 3. The highest BCUT2D eigenvalue weighted by Gasteiger charge is 2.27. The van der Waals surface area contributed by atoms with Crippen LogP contribution >= 0.6 is 0 Å². The molecule has 164 valence electrons. The number of hydrogen-bond acceptors (Lipinski definition) is 6. The zero-order valence-corrected chi connectivity index (χ0v) is 18.0. The number of nitrogens with zero attached hydrogens (tertiary/aromatic N) is 2. The van der Waals surface area contributed by atoms with Gasteiger partial charge in [0, 0.05) is 49.1 Å². The minimum atomic E-state index is -0.0309. The molecule has 1 aromatic heterocycles. The predicted molar refractivity (Wildman–Crippen MR) is 127 cm³/mol. The number of nitrogens with one attached hydrogen (secondary N) is 2. The molecule has 1 aliphatic heterocycles. The molecule has 0 saturated carbocycles. The summed E-state index contributed by atoms with van der Waals surface area (Å²) < 4.78 is 5.85. The lowest BCUT2D eigenvalue weighted by atomic mass is 9.88. The van der Waals surface area contributed by atoms with E-state index in [1.54, 1.807) is 19.2 Å². The van der Waals surface area contributed by atoms with Crippen LogP contribution in [0.4, 0.5) is 17.2 Å². The molecule has 2 heterocycles. The number of anilines is 3. The number of aromatic nitrogens is 1. The van der Waals surface area contributed by atoms with Gasteiger partial charge in [0.15, 0.2) is 0 Å². The van der Waals surface area contributed by atoms with Gasteiger partial charge in [0.2, 0.25) is 5.91 Å². The van der Waals surface area contributed by atoms with Crippen LogP contribution < -0.4 is 15.8 Å². The van der Waals surface area contributed by atoms with E-state index in [0.717, 1.165) is 36.6 Å². The van der Waals surface area contributed by atoms with Gasteiger partial charge in [0.05, 0.1) is 5.69 Å². The van der Waals surface area contributed by atoms with Gasteiger partial charge in [0.25, 0.3) is 0 Å². The highest BCUT2D eigenvalue weighted by Crippen LogP contribution is 2.31. The fraction of sp³-hybridized carbons (Fsp3) is 0.240. The summed E-state index contributed by atoms with van der Waals surface area (Å²) in [5, 5.41) is 12.2. The summed E-state index contributed by atoms with van der Waals surface area (Å²) in [5.74, 6) is 1.84. The van der Waals surface area contributed by atoms with Gasteiger partial charge in [-0.15, -0.1) is 0 Å². The minimum absolute atomic E-state index is 0.0309. The first kappa shape index (κ1) is 21.4. The minimum Gasteiger partial charge on any atom is -0.457 e. The van der Waals surface area contributed by atoms with Gasteiger partial charge in [-0.05, 0) is 55.3 Å². The number of pyridine rings is 1. The largest absolute Gasteiger partial charge is 0.457 e. The van der Waals surface area contributed by atoms with Crippen LogP contribution in [0.5, 0.6) is 11.5 Å². The summed E-state index contributed by atoms with van der Waals surface area (Å²) in [7, 11) is 0. The molecule has 1 fully saturated rings. The summed E-state index contributed by atoms with van der Waals surface area (Å²) >= 11 is 0. The molecular weight excluding hydrogens is 402 g/mol. The lowest BCUT2D eigenvalue weighted by Gasteiger charge is -2.33. The van der Waals surface area contributed by atoms with Crippen molar-refractivity contribution in [2.45, 2.75) is 19.8 Å². The van der Waals surface area contributed by atoms with Gasteiger partial charge < -0.3 is 26.1 Å². The smallest absolute Gasteiger partial charge is 0.219 e. The summed E-state index contributed by atoms with van der Waals surface area (Å²) in [4.78, 5) is 17.8. The lowest BCUT2D eigenvalue weighted by molar-refractivity contribution is -0.130. The van der Waals surface area contributed by atoms with Gasteiger partial charge >= 0.3 is 0 Å². The summed E-state index contributed by atoms with van der Waals surface area (Å²) in [6.45, 7) is 2.88. The Bertz CT molecular complexity index is 1100. The van der Waals surface area contributed by atoms with Crippen molar-refractivity contribution in [3.05, 3.63) is 72.4 Å². The Morgan fingerprint density at radius 3 is 2.56 bits per heavy atom. The maximum Gasteiger partial charge on any atom is 0.219 e. The standard InChI is InChI=1S/C25H27N5O2/c1-17(31)30-15-5-6-18(16-30)23(26)22-13-14-28-25(27)24(22)29-19-9-11-21(12-10-19)32-20-7-3-2-4-8-20/h2-4,7-14,18,26,29H,5-6,15-16H2,1H3,(H2,27,28)/t18-/m1/s1. The van der Waals surface area contributed by atoms with Crippen molar-refractivity contribution in [3.8, 4) is 11.5 Å². The lowest BCUT2D eigenvalue weighted by Crippen LogP contribution is -2.41. The van der Waals surface area contributed by atoms with Crippen molar-refractivity contribution in [1.82, 2.24) is 9.88 Å². The van der Waals surface area contributed by atoms with Gasteiger partial charge in [-0.3, -0.25) is 4.79 Å². The zero-order valence-electron chi connectivity index (χ0n) is 18.0. The quantitative estimate of drug-likeness (QED) is 0.487. The maximum absolute atomic E-state index is 11.8. The third-order valence-corrected chi connectivity index (χ3v) is 5.65. The number of para-hydroxylation sites is 1. The number of ether oxygens (including phenoxy) is 1. The Morgan fingerprint density at radius 1 is 1.12 bits per heavy atom. The van der Waals surface area contributed by atoms with Crippen molar-refractivity contribution in [1.29, 1.82) is 5.41 Å². The third kappa shape index (κ3) is 4.88. The first-order valence-corrected chi connectivity index (χ1v) is 10.7. The first-order valence-electron chi connectivity index (χ1n) is 10.7. The van der Waals surface area contributed by atoms with Crippen LogP contribution in [0.3, 0.4) is 0 Å². The second-order valence-electron chi connectivity index (χ2n) is 7.90. The molecule has 1 aliphatic rings. The number of nitrogens with two attached hydrogens (primary N) is 1. The topological polar surface area (TPSA) is 104 Å². The van der Waals surface area contributed by atoms with Gasteiger partial charge in [-0.2, -0.15) is 0 Å². The number of benzene rings is 2. The van der Waals surface area contributed by atoms with E-state index in [0.29, 0.717) is 29.3 Å². The molecule has 1 atom stereocenters. The molecule has 0 bridgehead atoms. The number of piperidine rings is 1. The number of carbonyl (C=O) groups excluding carboxylic acids is 1. The van der Waals surface area contributed by atoms with Crippen molar-refractivity contribution < 1.29 is 9.53 Å². The molecule has 0 spiro atoms. The van der Waals surface area contributed by atoms with E-state index in [1.807, 2.05) is 59.5 Å². The molecule has 7 heteroatoms. The van der Waals surface area contributed by atoms with Gasteiger partial charge in [-0.1, -0.05) is 18.2 Å². The van der Waals surface area contributed by atoms with E-state index in [4.69, 9.17) is 15.9 Å². The highest BCUT2D eigenvalue weighted by molar-refractivity contribution is 6.07. The van der Waals surface area contributed by atoms with Crippen LogP contribution in [-0.2, 0) is 4.79 Å². The van der Waals surface area contributed by atoms with E-state index >= 15 is 0 Å². The molecule has 1 saturated heterocycles. The normalized spacial score (nSPS) is 15.8. The van der Waals surface area contributed by atoms with E-state index in [2.05, 4.69) is 10.3 Å². The van der Waals surface area contributed by atoms with Crippen LogP contribution in [0.15, 0.2) is 66.9 Å². The molecule has 2 aromatic carbocycles. The number of nitrogen functional groups attached to an aromatic ring is 1. The van der Waals surface area contributed by atoms with Crippen LogP contribution in [0.25, 0.3) is 0 Å². The molecule has 3 aromatic rings. The first-order chi connectivity index (χ1) is 15.5. The van der Waals surface area contributed by atoms with E-state index in [1.165, 1.54) is 0 Å². The molecule has 4 N–H and O–H groups in total. The Labute approximate surface area is 187 Å². The molecule has 0 unspecified atom stereocenters. The maximum atomic E-state index is 11.8. The molecular formula is C25H27N5O2. The van der Waals surface area contributed by atoms with Crippen LogP contribution in [-0.4, -0.2) is 34.6 Å². The number of carbonyl (C=O) groups is 1. The molecule has 4 rings (SSSR count). The molecule has 7 nitrogen and oxygen atoms in total. The van der Waals surface area contributed by atoms with Crippen molar-refractivity contribution in [2.75, 3.05) is 24.1 Å². The third-order valence-electron chi connectivity index (χ3n) is 5.65. The molecule has 1 amide bonds. The van der Waals surface area contributed by atoms with Crippen molar-refractivity contribution >= 4 is 28.8 Å². The molecule has 0 aliphatic carbocycles. The van der Waals surface area contributed by atoms with E-state index < -0.39 is 0 Å². The Balaban J connectivity index is 1.52. The van der Waals surface area contributed by atoms with Crippen molar-refractivity contribution in [2.24, 2.45) is 5.92 Å². The zero-order chi connectivity index (χ0) is 22.5.